The highest BCUT2D eigenvalue weighted by Gasteiger charge is 2.29. The lowest BCUT2D eigenvalue weighted by Gasteiger charge is -2.20. The molecule has 1 saturated carbocycles. The second-order valence-electron chi connectivity index (χ2n) is 9.04. The van der Waals surface area contributed by atoms with Crippen molar-refractivity contribution < 1.29 is 22.7 Å². The summed E-state index contributed by atoms with van der Waals surface area (Å²) in [6.07, 6.45) is 8.19. The van der Waals surface area contributed by atoms with Gasteiger partial charge in [0.05, 0.1) is 5.92 Å². The summed E-state index contributed by atoms with van der Waals surface area (Å²) in [5.41, 5.74) is -0.135. The van der Waals surface area contributed by atoms with Crippen molar-refractivity contribution in [3.8, 4) is 0 Å². The molecule has 2 aromatic rings. The molecule has 174 valence electrons. The number of ether oxygens (including phenoxy) is 1. The van der Waals surface area contributed by atoms with Crippen molar-refractivity contribution in [2.75, 3.05) is 11.1 Å². The zero-order valence-corrected chi connectivity index (χ0v) is 20.2. The van der Waals surface area contributed by atoms with Gasteiger partial charge in [-0.3, -0.25) is 9.59 Å². The second kappa shape index (κ2) is 10.1. The number of thiazole rings is 1. The van der Waals surface area contributed by atoms with Crippen LogP contribution in [0, 0.1) is 5.92 Å². The van der Waals surface area contributed by atoms with Crippen LogP contribution in [-0.4, -0.2) is 41.6 Å². The van der Waals surface area contributed by atoms with Gasteiger partial charge >= 0.3 is 5.97 Å². The predicted octanol–water partition coefficient (Wildman–Crippen LogP) is 3.96. The van der Waals surface area contributed by atoms with Gasteiger partial charge in [0.15, 0.2) is 15.9 Å². The van der Waals surface area contributed by atoms with Crippen molar-refractivity contribution in [3.63, 3.8) is 0 Å². The van der Waals surface area contributed by atoms with Crippen molar-refractivity contribution in [2.24, 2.45) is 5.92 Å². The summed E-state index contributed by atoms with van der Waals surface area (Å²) in [4.78, 5) is 33.2. The molecule has 3 rings (SSSR count). The molecule has 1 atom stereocenters. The largest absolute Gasteiger partial charge is 0.459 e. The average Bonchev–Trinajstić information content (AvgIpc) is 3.38. The summed E-state index contributed by atoms with van der Waals surface area (Å²) in [5.74, 6) is -1.81. The van der Waals surface area contributed by atoms with E-state index in [1.54, 1.807) is 38.4 Å². The summed E-state index contributed by atoms with van der Waals surface area (Å²) in [7, 11) is -3.95. The third-order valence-corrected chi connectivity index (χ3v) is 7.41. The highest BCUT2D eigenvalue weighted by atomic mass is 32.2. The topological polar surface area (TPSA) is 115 Å². The number of sulfone groups is 1. The van der Waals surface area contributed by atoms with Crippen molar-refractivity contribution in [2.45, 2.75) is 69.4 Å². The molecule has 1 fully saturated rings. The van der Waals surface area contributed by atoms with Crippen LogP contribution in [0.1, 0.15) is 64.4 Å². The maximum absolute atomic E-state index is 13.0. The van der Waals surface area contributed by atoms with Gasteiger partial charge in [0.2, 0.25) is 15.7 Å². The number of nitrogens with zero attached hydrogens (tertiary/aromatic N) is 2. The third-order valence-electron chi connectivity index (χ3n) is 5.23. The van der Waals surface area contributed by atoms with Gasteiger partial charge < -0.3 is 10.1 Å². The van der Waals surface area contributed by atoms with E-state index in [1.165, 1.54) is 23.6 Å². The number of nitrogens with one attached hydrogen (secondary N) is 1. The van der Waals surface area contributed by atoms with Crippen molar-refractivity contribution >= 4 is 38.2 Å². The van der Waals surface area contributed by atoms with Gasteiger partial charge in [-0.05, 0) is 44.7 Å². The number of hydrogen-bond donors (Lipinski definition) is 1. The Labute approximate surface area is 192 Å². The lowest BCUT2D eigenvalue weighted by Crippen LogP contribution is -2.29. The van der Waals surface area contributed by atoms with Crippen LogP contribution in [-0.2, 0) is 24.2 Å². The van der Waals surface area contributed by atoms with Crippen LogP contribution in [0.5, 0.6) is 0 Å². The quantitative estimate of drug-likeness (QED) is 0.570. The van der Waals surface area contributed by atoms with E-state index in [0.29, 0.717) is 23.0 Å². The van der Waals surface area contributed by atoms with E-state index >= 15 is 0 Å². The van der Waals surface area contributed by atoms with Gasteiger partial charge in [-0.25, -0.2) is 18.4 Å². The molecule has 0 spiro atoms. The third kappa shape index (κ3) is 6.83. The number of carbonyl (C=O) groups excluding carboxylic acids is 2. The van der Waals surface area contributed by atoms with Gasteiger partial charge in [0, 0.05) is 17.8 Å². The number of pyridine rings is 1. The van der Waals surface area contributed by atoms with Crippen LogP contribution in [0.3, 0.4) is 0 Å². The summed E-state index contributed by atoms with van der Waals surface area (Å²) in [6, 6.07) is 2.96. The molecule has 1 amide bonds. The molecule has 8 nitrogen and oxygen atoms in total. The molecule has 1 N–H and O–H groups in total. The molecular formula is C22H29N3O5S2. The molecule has 1 aliphatic carbocycles. The van der Waals surface area contributed by atoms with Crippen LogP contribution in [0.4, 0.5) is 5.13 Å². The highest BCUT2D eigenvalue weighted by molar-refractivity contribution is 7.92. The first-order valence-corrected chi connectivity index (χ1v) is 13.2. The lowest BCUT2D eigenvalue weighted by molar-refractivity contribution is -0.151. The molecule has 2 aromatic heterocycles. The molecule has 0 radical (unpaired) electrons. The average molecular weight is 480 g/mol. The fourth-order valence-electron chi connectivity index (χ4n) is 3.83. The standard InChI is InChI=1S/C22H29N3O5S2/c1-22(2,3)30-19(26)14-32(28,29)18-9-8-16(13-24-18)17(12-15-6-4-5-7-15)20(27)25-21-23-10-11-31-21/h8-11,13,15,17H,4-7,12,14H2,1-3H3,(H,23,25,27). The van der Waals surface area contributed by atoms with Crippen molar-refractivity contribution in [3.05, 3.63) is 35.5 Å². The maximum Gasteiger partial charge on any atom is 0.322 e. The maximum atomic E-state index is 13.0. The molecule has 2 heterocycles. The monoisotopic (exact) mass is 479 g/mol. The van der Waals surface area contributed by atoms with E-state index in [9.17, 15) is 18.0 Å². The number of rotatable bonds is 8. The molecule has 1 unspecified atom stereocenters. The first-order chi connectivity index (χ1) is 15.0. The van der Waals surface area contributed by atoms with Crippen LogP contribution in [0.2, 0.25) is 0 Å². The number of aromatic nitrogens is 2. The van der Waals surface area contributed by atoms with Crippen molar-refractivity contribution in [1.29, 1.82) is 0 Å². The number of carbonyl (C=O) groups is 2. The van der Waals surface area contributed by atoms with E-state index < -0.39 is 33.1 Å². The normalized spacial score (nSPS) is 16.0. The molecule has 32 heavy (non-hydrogen) atoms. The minimum absolute atomic E-state index is 0.182. The van der Waals surface area contributed by atoms with Crippen LogP contribution >= 0.6 is 11.3 Å². The molecule has 10 heteroatoms. The van der Waals surface area contributed by atoms with E-state index in [0.717, 1.165) is 25.7 Å². The Morgan fingerprint density at radius 1 is 1.22 bits per heavy atom. The van der Waals surface area contributed by atoms with Crippen LogP contribution in [0.25, 0.3) is 0 Å². The smallest absolute Gasteiger partial charge is 0.322 e. The van der Waals surface area contributed by atoms with E-state index in [2.05, 4.69) is 15.3 Å². The molecule has 0 aliphatic heterocycles. The van der Waals surface area contributed by atoms with Gasteiger partial charge in [0.1, 0.15) is 5.60 Å². The number of hydrogen-bond acceptors (Lipinski definition) is 8. The first kappa shape index (κ1) is 24.3. The molecule has 0 bridgehead atoms. The van der Waals surface area contributed by atoms with Gasteiger partial charge in [-0.1, -0.05) is 31.7 Å². The van der Waals surface area contributed by atoms with E-state index in [-0.39, 0.29) is 10.9 Å². The Kier molecular flexibility index (Phi) is 7.66. The van der Waals surface area contributed by atoms with E-state index in [1.807, 2.05) is 0 Å². The Morgan fingerprint density at radius 2 is 1.94 bits per heavy atom. The highest BCUT2D eigenvalue weighted by Crippen LogP contribution is 2.35. The SMILES string of the molecule is CC(C)(C)OC(=O)CS(=O)(=O)c1ccc(C(CC2CCCC2)C(=O)Nc2nccs2)cn1. The summed E-state index contributed by atoms with van der Waals surface area (Å²) in [6.45, 7) is 5.02. The van der Waals surface area contributed by atoms with Crippen molar-refractivity contribution in [1.82, 2.24) is 9.97 Å². The fourth-order valence-corrected chi connectivity index (χ4v) is 5.37. The summed E-state index contributed by atoms with van der Waals surface area (Å²) < 4.78 is 30.3. The minimum Gasteiger partial charge on any atom is -0.459 e. The van der Waals surface area contributed by atoms with Gasteiger partial charge in [-0.15, -0.1) is 11.3 Å². The van der Waals surface area contributed by atoms with E-state index in [4.69, 9.17) is 4.74 Å². The number of anilines is 1. The van der Waals surface area contributed by atoms with Crippen LogP contribution < -0.4 is 5.32 Å². The molecule has 1 aliphatic rings. The summed E-state index contributed by atoms with van der Waals surface area (Å²) in [5, 5.41) is 4.94. The number of amides is 1. The van der Waals surface area contributed by atoms with Crippen LogP contribution in [0.15, 0.2) is 34.9 Å². The van der Waals surface area contributed by atoms with Gasteiger partial charge in [-0.2, -0.15) is 0 Å². The number of esters is 1. The molecule has 0 aromatic carbocycles. The zero-order valence-electron chi connectivity index (χ0n) is 18.5. The molecule has 0 saturated heterocycles. The predicted molar refractivity (Wildman–Crippen MR) is 122 cm³/mol. The second-order valence-corrected chi connectivity index (χ2v) is 11.9. The Hall–Kier alpha value is -2.33. The Bertz CT molecular complexity index is 1020. The molecular weight excluding hydrogens is 450 g/mol. The first-order valence-electron chi connectivity index (χ1n) is 10.6. The Balaban J connectivity index is 1.77. The van der Waals surface area contributed by atoms with Gasteiger partial charge in [0.25, 0.3) is 0 Å². The lowest BCUT2D eigenvalue weighted by atomic mass is 9.88. The Morgan fingerprint density at radius 3 is 2.50 bits per heavy atom. The zero-order chi connectivity index (χ0) is 23.4. The summed E-state index contributed by atoms with van der Waals surface area (Å²) >= 11 is 1.34. The fraction of sp³-hybridized carbons (Fsp3) is 0.545. The minimum atomic E-state index is -3.95.